The van der Waals surface area contributed by atoms with Gasteiger partial charge in [0.15, 0.2) is 0 Å². The van der Waals surface area contributed by atoms with Gasteiger partial charge in [-0.3, -0.25) is 9.59 Å². The molecule has 8 nitrogen and oxygen atoms in total. The van der Waals surface area contributed by atoms with Crippen LogP contribution < -0.4 is 14.9 Å². The molecule has 1 aromatic carbocycles. The van der Waals surface area contributed by atoms with Crippen molar-refractivity contribution in [2.45, 2.75) is 51.5 Å². The zero-order valence-electron chi connectivity index (χ0n) is 18.2. The van der Waals surface area contributed by atoms with E-state index in [1.54, 1.807) is 56.1 Å². The molecule has 0 saturated heterocycles. The van der Waals surface area contributed by atoms with Crippen molar-refractivity contribution < 1.29 is 18.0 Å². The largest absolute Gasteiger partial charge is 0.312 e. The van der Waals surface area contributed by atoms with Crippen molar-refractivity contribution in [3.05, 3.63) is 47.7 Å². The fourth-order valence-corrected chi connectivity index (χ4v) is 4.93. The number of hydrogen-bond donors (Lipinski definition) is 2. The highest BCUT2D eigenvalue weighted by Crippen LogP contribution is 2.30. The topological polar surface area (TPSA) is 108 Å². The Morgan fingerprint density at radius 3 is 2.58 bits per heavy atom. The molecule has 2 amide bonds. The summed E-state index contributed by atoms with van der Waals surface area (Å²) >= 11 is 0. The summed E-state index contributed by atoms with van der Waals surface area (Å²) < 4.78 is 28.6. The Kier molecular flexibility index (Phi) is 6.76. The molecule has 2 N–H and O–H groups in total. The first-order valence-corrected chi connectivity index (χ1v) is 11.8. The normalized spacial score (nSPS) is 14.4. The Balaban J connectivity index is 1.80. The maximum atomic E-state index is 13.0. The number of aromatic nitrogens is 1. The van der Waals surface area contributed by atoms with Gasteiger partial charge in [0, 0.05) is 24.8 Å². The van der Waals surface area contributed by atoms with Crippen LogP contribution in [-0.4, -0.2) is 37.8 Å². The molecule has 0 bridgehead atoms. The Morgan fingerprint density at radius 2 is 1.94 bits per heavy atom. The molecule has 0 radical (unpaired) electrons. The summed E-state index contributed by atoms with van der Waals surface area (Å²) in [6.45, 7) is 7.76. The maximum absolute atomic E-state index is 13.0. The lowest BCUT2D eigenvalue weighted by Crippen LogP contribution is -2.47. The quantitative estimate of drug-likeness (QED) is 0.682. The van der Waals surface area contributed by atoms with E-state index in [4.69, 9.17) is 0 Å². The van der Waals surface area contributed by atoms with Crippen LogP contribution in [0.15, 0.2) is 41.4 Å². The van der Waals surface area contributed by atoms with Crippen LogP contribution in [0.4, 0.5) is 11.5 Å². The predicted molar refractivity (Wildman–Crippen MR) is 119 cm³/mol. The van der Waals surface area contributed by atoms with Crippen molar-refractivity contribution in [1.29, 1.82) is 0 Å². The van der Waals surface area contributed by atoms with Gasteiger partial charge in [0.2, 0.25) is 21.8 Å². The predicted octanol–water partition coefficient (Wildman–Crippen LogP) is 2.63. The molecule has 2 aromatic rings. The first-order valence-electron chi connectivity index (χ1n) is 10.3. The van der Waals surface area contributed by atoms with Crippen LogP contribution in [0.2, 0.25) is 0 Å². The summed E-state index contributed by atoms with van der Waals surface area (Å²) in [6.07, 6.45) is 2.57. The molecule has 0 spiro atoms. The highest BCUT2D eigenvalue weighted by molar-refractivity contribution is 7.89. The number of aryl methyl sites for hydroxylation is 1. The number of rotatable bonds is 7. The number of benzene rings is 1. The van der Waals surface area contributed by atoms with Crippen LogP contribution in [0, 0.1) is 12.8 Å². The van der Waals surface area contributed by atoms with Gasteiger partial charge in [-0.15, -0.1) is 0 Å². The molecule has 0 aliphatic carbocycles. The van der Waals surface area contributed by atoms with Crippen molar-refractivity contribution in [1.82, 2.24) is 9.71 Å². The van der Waals surface area contributed by atoms with Crippen LogP contribution in [0.25, 0.3) is 0 Å². The number of nitrogens with zero attached hydrogens (tertiary/aromatic N) is 2. The highest BCUT2D eigenvalue weighted by atomic mass is 32.2. The molecule has 166 valence electrons. The number of hydrogen-bond acceptors (Lipinski definition) is 5. The van der Waals surface area contributed by atoms with E-state index in [2.05, 4.69) is 15.0 Å². The van der Waals surface area contributed by atoms with E-state index in [1.165, 1.54) is 6.07 Å². The number of carbonyl (C=O) groups excluding carboxylic acids is 2. The number of carbonyl (C=O) groups is 2. The summed E-state index contributed by atoms with van der Waals surface area (Å²) in [7, 11) is -3.95. The van der Waals surface area contributed by atoms with Crippen molar-refractivity contribution in [2.24, 2.45) is 5.92 Å². The number of sulfonamides is 1. The molecule has 1 atom stereocenters. The number of nitrogens with one attached hydrogen (secondary N) is 2. The molecule has 1 aromatic heterocycles. The summed E-state index contributed by atoms with van der Waals surface area (Å²) in [6, 6.07) is 7.26. The van der Waals surface area contributed by atoms with Crippen LogP contribution >= 0.6 is 0 Å². The van der Waals surface area contributed by atoms with Crippen molar-refractivity contribution in [2.75, 3.05) is 16.8 Å². The molecule has 0 unspecified atom stereocenters. The molecule has 1 aliphatic heterocycles. The number of amides is 2. The van der Waals surface area contributed by atoms with Crippen LogP contribution in [0.1, 0.15) is 38.3 Å². The average molecular weight is 445 g/mol. The average Bonchev–Trinajstić information content (AvgIpc) is 3.14. The number of fused-ring (bicyclic) bond motifs is 1. The monoisotopic (exact) mass is 444 g/mol. The SMILES string of the molecule is CCC(=O)N1CCc2cc(S(=O)(=O)N[C@H](C(=O)Nc3cc(C)ccn3)C(C)C)ccc21. The van der Waals surface area contributed by atoms with Gasteiger partial charge in [-0.05, 0) is 60.7 Å². The third-order valence-electron chi connectivity index (χ3n) is 5.26. The molecule has 1 aliphatic rings. The molecular formula is C22H28N4O4S. The van der Waals surface area contributed by atoms with Crippen molar-refractivity contribution in [3.8, 4) is 0 Å². The molecule has 3 rings (SSSR count). The van der Waals surface area contributed by atoms with Crippen molar-refractivity contribution >= 4 is 33.3 Å². The van der Waals surface area contributed by atoms with Gasteiger partial charge in [-0.2, -0.15) is 4.72 Å². The lowest BCUT2D eigenvalue weighted by Gasteiger charge is -2.22. The van der Waals surface area contributed by atoms with Gasteiger partial charge >= 0.3 is 0 Å². The Hall–Kier alpha value is -2.78. The van der Waals surface area contributed by atoms with Crippen molar-refractivity contribution in [3.63, 3.8) is 0 Å². The van der Waals surface area contributed by atoms with Gasteiger partial charge in [-0.25, -0.2) is 13.4 Å². The van der Waals surface area contributed by atoms with E-state index >= 15 is 0 Å². The van der Waals surface area contributed by atoms with E-state index in [1.807, 2.05) is 6.92 Å². The maximum Gasteiger partial charge on any atom is 0.243 e. The third kappa shape index (κ3) is 5.11. The van der Waals surface area contributed by atoms with E-state index in [9.17, 15) is 18.0 Å². The van der Waals surface area contributed by atoms with Gasteiger partial charge in [0.1, 0.15) is 11.9 Å². The van der Waals surface area contributed by atoms with Crippen LogP contribution in [-0.2, 0) is 26.0 Å². The Morgan fingerprint density at radius 1 is 1.19 bits per heavy atom. The van der Waals surface area contributed by atoms with Gasteiger partial charge < -0.3 is 10.2 Å². The minimum atomic E-state index is -3.95. The lowest BCUT2D eigenvalue weighted by atomic mass is 10.1. The van der Waals surface area contributed by atoms with E-state index in [0.717, 1.165) is 16.8 Å². The molecular weight excluding hydrogens is 416 g/mol. The number of anilines is 2. The second-order valence-corrected chi connectivity index (χ2v) is 9.70. The summed E-state index contributed by atoms with van der Waals surface area (Å²) in [5, 5.41) is 2.68. The van der Waals surface area contributed by atoms with E-state index in [0.29, 0.717) is 25.2 Å². The van der Waals surface area contributed by atoms with Gasteiger partial charge in [0.25, 0.3) is 0 Å². The number of pyridine rings is 1. The third-order valence-corrected chi connectivity index (χ3v) is 6.70. The minimum absolute atomic E-state index is 0.00813. The van der Waals surface area contributed by atoms with Crippen LogP contribution in [0.3, 0.4) is 0 Å². The van der Waals surface area contributed by atoms with E-state index in [-0.39, 0.29) is 16.7 Å². The zero-order valence-corrected chi connectivity index (χ0v) is 19.0. The minimum Gasteiger partial charge on any atom is -0.312 e. The fourth-order valence-electron chi connectivity index (χ4n) is 3.53. The summed E-state index contributed by atoms with van der Waals surface area (Å²) in [5.41, 5.74) is 2.48. The smallest absolute Gasteiger partial charge is 0.243 e. The molecule has 31 heavy (non-hydrogen) atoms. The van der Waals surface area contributed by atoms with Crippen LogP contribution in [0.5, 0.6) is 0 Å². The second-order valence-electron chi connectivity index (χ2n) is 7.99. The van der Waals surface area contributed by atoms with Gasteiger partial charge in [-0.1, -0.05) is 20.8 Å². The zero-order chi connectivity index (χ0) is 22.8. The Labute approximate surface area is 183 Å². The second kappa shape index (κ2) is 9.15. The first kappa shape index (κ1) is 22.9. The van der Waals surface area contributed by atoms with E-state index < -0.39 is 22.0 Å². The molecule has 0 fully saturated rings. The Bertz CT molecular complexity index is 1100. The molecule has 9 heteroatoms. The standard InChI is InChI=1S/C22H28N4O4S/c1-5-20(27)26-11-9-16-13-17(6-7-18(16)26)31(29,30)25-21(14(2)3)22(28)24-19-12-15(4)8-10-23-19/h6-8,10,12-14,21,25H,5,9,11H2,1-4H3,(H,23,24,28)/t21-/m0/s1. The first-order chi connectivity index (χ1) is 14.6. The molecule has 0 saturated carbocycles. The summed E-state index contributed by atoms with van der Waals surface area (Å²) in [4.78, 5) is 30.7. The fraction of sp³-hybridized carbons (Fsp3) is 0.409. The van der Waals surface area contributed by atoms with Gasteiger partial charge in [0.05, 0.1) is 4.90 Å². The lowest BCUT2D eigenvalue weighted by molar-refractivity contribution is -0.119. The molecule has 2 heterocycles. The highest BCUT2D eigenvalue weighted by Gasteiger charge is 2.30. The summed E-state index contributed by atoms with van der Waals surface area (Å²) in [5.74, 6) is -0.383.